The monoisotopic (exact) mass is 488 g/mol. The zero-order valence-electron chi connectivity index (χ0n) is 19.4. The Bertz CT molecular complexity index is 1500. The van der Waals surface area contributed by atoms with Gasteiger partial charge in [-0.05, 0) is 47.4 Å². The van der Waals surface area contributed by atoms with Crippen LogP contribution in [0.1, 0.15) is 52.6 Å². The average Bonchev–Trinajstić information content (AvgIpc) is 2.81. The molecule has 0 unspecified atom stereocenters. The van der Waals surface area contributed by atoms with E-state index in [1.54, 1.807) is 48.5 Å². The Morgan fingerprint density at radius 2 is 1.57 bits per heavy atom. The minimum Gasteiger partial charge on any atom is -0.478 e. The maximum atomic E-state index is 13.1. The number of carbonyl (C=O) groups excluding carboxylic acids is 1. The Kier molecular flexibility index (Phi) is 6.17. The van der Waals surface area contributed by atoms with Crippen LogP contribution in [0.15, 0.2) is 93.9 Å². The van der Waals surface area contributed by atoms with Gasteiger partial charge < -0.3 is 10.4 Å². The van der Waals surface area contributed by atoms with E-state index in [1.165, 1.54) is 30.3 Å². The van der Waals surface area contributed by atoms with Crippen LogP contribution in [0.3, 0.4) is 0 Å². The number of sulfonamides is 1. The molecule has 35 heavy (non-hydrogen) atoms. The van der Waals surface area contributed by atoms with Gasteiger partial charge in [0.2, 0.25) is 5.78 Å². The third-order valence-corrected chi connectivity index (χ3v) is 6.90. The third-order valence-electron chi connectivity index (χ3n) is 5.60. The standard InChI is InChI=1S/C27H24N2O5S/c1-27(2,3)18-11-13-20(14-12-18)35(33,34)29-23-16-24(25(30)22-10-5-4-9-21(22)23)28-19-8-6-7-17(15-19)26(31)32/h4-16,28H,1-3H3,(H,31,32)/b29-23-. The Labute approximate surface area is 203 Å². The normalized spacial score (nSPS) is 14.9. The minimum absolute atomic E-state index is 0.0458. The quantitative estimate of drug-likeness (QED) is 0.520. The zero-order valence-corrected chi connectivity index (χ0v) is 20.3. The summed E-state index contributed by atoms with van der Waals surface area (Å²) < 4.78 is 30.4. The molecule has 0 amide bonds. The van der Waals surface area contributed by atoms with Gasteiger partial charge >= 0.3 is 5.97 Å². The van der Waals surface area contributed by atoms with Gasteiger partial charge in [0.15, 0.2) is 0 Å². The molecule has 0 spiro atoms. The summed E-state index contributed by atoms with van der Waals surface area (Å²) in [5.74, 6) is -1.46. The molecule has 1 aliphatic rings. The molecule has 4 rings (SSSR count). The van der Waals surface area contributed by atoms with E-state index < -0.39 is 16.0 Å². The van der Waals surface area contributed by atoms with Crippen molar-refractivity contribution in [2.45, 2.75) is 31.1 Å². The van der Waals surface area contributed by atoms with E-state index in [9.17, 15) is 23.1 Å². The molecule has 0 saturated carbocycles. The number of aromatic carboxylic acids is 1. The Morgan fingerprint density at radius 3 is 2.20 bits per heavy atom. The highest BCUT2D eigenvalue weighted by molar-refractivity contribution is 7.90. The van der Waals surface area contributed by atoms with Gasteiger partial charge in [-0.3, -0.25) is 4.79 Å². The van der Waals surface area contributed by atoms with Gasteiger partial charge in [-0.1, -0.05) is 63.2 Å². The number of carbonyl (C=O) groups is 2. The molecule has 0 atom stereocenters. The molecule has 0 saturated heterocycles. The van der Waals surface area contributed by atoms with Crippen molar-refractivity contribution in [3.05, 3.63) is 107 Å². The number of carboxylic acids is 1. The van der Waals surface area contributed by atoms with Crippen LogP contribution in [0.4, 0.5) is 5.69 Å². The smallest absolute Gasteiger partial charge is 0.335 e. The Morgan fingerprint density at radius 1 is 0.914 bits per heavy atom. The fourth-order valence-corrected chi connectivity index (χ4v) is 4.69. The number of hydrogen-bond acceptors (Lipinski definition) is 5. The number of nitrogens with one attached hydrogen (secondary N) is 1. The second kappa shape index (κ2) is 8.96. The van der Waals surface area contributed by atoms with Crippen LogP contribution < -0.4 is 5.32 Å². The fourth-order valence-electron chi connectivity index (χ4n) is 3.69. The van der Waals surface area contributed by atoms with Gasteiger partial charge in [0.1, 0.15) is 0 Å². The first-order valence-electron chi connectivity index (χ1n) is 10.9. The molecule has 0 fully saturated rings. The Balaban J connectivity index is 1.77. The van der Waals surface area contributed by atoms with Crippen LogP contribution in [0.25, 0.3) is 0 Å². The number of carboxylic acid groups (broad SMARTS) is 1. The predicted molar refractivity (Wildman–Crippen MR) is 135 cm³/mol. The predicted octanol–water partition coefficient (Wildman–Crippen LogP) is 5.05. The molecule has 3 aromatic carbocycles. The highest BCUT2D eigenvalue weighted by Gasteiger charge is 2.26. The molecule has 8 heteroatoms. The van der Waals surface area contributed by atoms with E-state index >= 15 is 0 Å². The van der Waals surface area contributed by atoms with Crippen molar-refractivity contribution in [2.75, 3.05) is 5.32 Å². The Hall–Kier alpha value is -4.04. The van der Waals surface area contributed by atoms with E-state index in [4.69, 9.17) is 0 Å². The molecule has 0 aromatic heterocycles. The molecule has 0 aliphatic heterocycles. The number of allylic oxidation sites excluding steroid dienone is 2. The van der Waals surface area contributed by atoms with Crippen LogP contribution in [0, 0.1) is 0 Å². The minimum atomic E-state index is -4.07. The van der Waals surface area contributed by atoms with Crippen molar-refractivity contribution in [3.8, 4) is 0 Å². The van der Waals surface area contributed by atoms with Crippen LogP contribution in [0.2, 0.25) is 0 Å². The molecule has 2 N–H and O–H groups in total. The van der Waals surface area contributed by atoms with Crippen LogP contribution in [-0.4, -0.2) is 31.0 Å². The van der Waals surface area contributed by atoms with E-state index in [-0.39, 0.29) is 33.1 Å². The van der Waals surface area contributed by atoms with E-state index in [2.05, 4.69) is 9.71 Å². The number of benzene rings is 3. The van der Waals surface area contributed by atoms with Gasteiger partial charge in [-0.2, -0.15) is 12.8 Å². The molecule has 0 heterocycles. The van der Waals surface area contributed by atoms with Crippen molar-refractivity contribution >= 4 is 33.2 Å². The number of nitrogens with zero attached hydrogens (tertiary/aromatic N) is 1. The third kappa shape index (κ3) is 5.07. The summed E-state index contributed by atoms with van der Waals surface area (Å²) in [5.41, 5.74) is 2.19. The molecule has 3 aromatic rings. The van der Waals surface area contributed by atoms with E-state index in [0.29, 0.717) is 16.8 Å². The molecule has 178 valence electrons. The van der Waals surface area contributed by atoms with E-state index in [0.717, 1.165) is 5.56 Å². The number of Topliss-reactive ketones (excluding diaryl/α,β-unsaturated/α-hetero) is 1. The summed E-state index contributed by atoms with van der Waals surface area (Å²) in [6, 6.07) is 19.2. The molecular weight excluding hydrogens is 464 g/mol. The summed E-state index contributed by atoms with van der Waals surface area (Å²) in [5, 5.41) is 12.2. The summed E-state index contributed by atoms with van der Waals surface area (Å²) in [4.78, 5) is 24.4. The summed E-state index contributed by atoms with van der Waals surface area (Å²) in [7, 11) is -4.07. The maximum Gasteiger partial charge on any atom is 0.335 e. The van der Waals surface area contributed by atoms with Gasteiger partial charge in [0, 0.05) is 16.8 Å². The SMILES string of the molecule is CC(C)(C)c1ccc(S(=O)(=O)/N=C2/C=C(Nc3cccc(C(=O)O)c3)C(=O)c3ccccc32)cc1. The van der Waals surface area contributed by atoms with Gasteiger partial charge in [0.05, 0.1) is 21.9 Å². The fraction of sp³-hybridized carbons (Fsp3) is 0.148. The van der Waals surface area contributed by atoms with Gasteiger partial charge in [-0.15, -0.1) is 0 Å². The van der Waals surface area contributed by atoms with Crippen molar-refractivity contribution in [3.63, 3.8) is 0 Å². The van der Waals surface area contributed by atoms with Crippen molar-refractivity contribution in [2.24, 2.45) is 4.40 Å². The molecular formula is C27H24N2O5S. The number of fused-ring (bicyclic) bond motifs is 1. The first-order valence-corrected chi connectivity index (χ1v) is 12.3. The topological polar surface area (TPSA) is 113 Å². The molecule has 0 radical (unpaired) electrons. The van der Waals surface area contributed by atoms with Crippen LogP contribution in [-0.2, 0) is 15.4 Å². The summed E-state index contributed by atoms with van der Waals surface area (Å²) in [6.45, 7) is 6.12. The number of ketones is 1. The first kappa shape index (κ1) is 24.1. The van der Waals surface area contributed by atoms with Crippen LogP contribution in [0.5, 0.6) is 0 Å². The second-order valence-electron chi connectivity index (χ2n) is 9.17. The van der Waals surface area contributed by atoms with Crippen molar-refractivity contribution in [1.82, 2.24) is 0 Å². The van der Waals surface area contributed by atoms with Gasteiger partial charge in [-0.25, -0.2) is 4.79 Å². The van der Waals surface area contributed by atoms with Crippen molar-refractivity contribution < 1.29 is 23.1 Å². The first-order chi connectivity index (χ1) is 16.5. The molecule has 0 bridgehead atoms. The highest BCUT2D eigenvalue weighted by atomic mass is 32.2. The van der Waals surface area contributed by atoms with Gasteiger partial charge in [0.25, 0.3) is 10.0 Å². The summed E-state index contributed by atoms with van der Waals surface area (Å²) in [6.07, 6.45) is 1.37. The van der Waals surface area contributed by atoms with Crippen molar-refractivity contribution in [1.29, 1.82) is 0 Å². The second-order valence-corrected chi connectivity index (χ2v) is 10.8. The number of hydrogen-bond donors (Lipinski definition) is 2. The average molecular weight is 489 g/mol. The highest BCUT2D eigenvalue weighted by Crippen LogP contribution is 2.27. The lowest BCUT2D eigenvalue weighted by molar-refractivity contribution is 0.0696. The summed E-state index contributed by atoms with van der Waals surface area (Å²) >= 11 is 0. The molecule has 1 aliphatic carbocycles. The maximum absolute atomic E-state index is 13.1. The zero-order chi connectivity index (χ0) is 25.4. The largest absolute Gasteiger partial charge is 0.478 e. The van der Waals surface area contributed by atoms with E-state index in [1.807, 2.05) is 20.8 Å². The molecule has 7 nitrogen and oxygen atoms in total. The lowest BCUT2D eigenvalue weighted by atomic mass is 9.87. The van der Waals surface area contributed by atoms with Crippen LogP contribution >= 0.6 is 0 Å². The lowest BCUT2D eigenvalue weighted by Crippen LogP contribution is -2.22. The number of anilines is 1. The lowest BCUT2D eigenvalue weighted by Gasteiger charge is -2.19. The number of rotatable bonds is 5.